The van der Waals surface area contributed by atoms with Crippen LogP contribution < -0.4 is 5.32 Å². The highest BCUT2D eigenvalue weighted by Gasteiger charge is 2.34. The lowest BCUT2D eigenvalue weighted by Gasteiger charge is -2.24. The maximum Gasteiger partial charge on any atom is 0.432 e. The lowest BCUT2D eigenvalue weighted by molar-refractivity contribution is -0.171. The Morgan fingerprint density at radius 2 is 1.86 bits per heavy atom. The van der Waals surface area contributed by atoms with Gasteiger partial charge in [0.2, 0.25) is 0 Å². The lowest BCUT2D eigenvalue weighted by atomic mass is 10.2. The molecule has 1 N–H and O–H groups in total. The van der Waals surface area contributed by atoms with E-state index in [4.69, 9.17) is 9.57 Å². The average molecular weight is 407 g/mol. The molecule has 0 aliphatic carbocycles. The highest BCUT2D eigenvalue weighted by Crippen LogP contribution is 2.15. The Kier molecular flexibility index (Phi) is 6.75. The van der Waals surface area contributed by atoms with Gasteiger partial charge < -0.3 is 19.8 Å². The summed E-state index contributed by atoms with van der Waals surface area (Å²) in [6.45, 7) is 0.912. The van der Waals surface area contributed by atoms with E-state index in [1.807, 2.05) is 30.3 Å². The Morgan fingerprint density at radius 1 is 1.14 bits per heavy atom. The fourth-order valence-corrected chi connectivity index (χ4v) is 3.80. The van der Waals surface area contributed by atoms with E-state index in [1.54, 1.807) is 11.8 Å². The molecule has 0 bridgehead atoms. The highest BCUT2D eigenvalue weighted by atomic mass is 32.2. The van der Waals surface area contributed by atoms with Crippen LogP contribution in [-0.4, -0.2) is 64.6 Å². The predicted octanol–water partition coefficient (Wildman–Crippen LogP) is 1.53. The molecule has 0 saturated carbocycles. The van der Waals surface area contributed by atoms with Crippen molar-refractivity contribution in [2.45, 2.75) is 25.5 Å². The normalized spacial score (nSPS) is 19.9. The van der Waals surface area contributed by atoms with Crippen LogP contribution in [0.15, 0.2) is 30.3 Å². The number of hydroxylamine groups is 2. The van der Waals surface area contributed by atoms with Crippen LogP contribution in [0.5, 0.6) is 0 Å². The summed E-state index contributed by atoms with van der Waals surface area (Å²) >= 11 is 1.58. The standard InChI is InChI=1S/C18H21N3O6S/c22-15-6-7-16(23)21(15)27-17(24)19-14-10-20(8-9-28-12-14)18(25)26-11-13-4-2-1-3-5-13/h1-5,14H,6-12H2,(H,19,24)/t14-/m1/s1. The van der Waals surface area contributed by atoms with Crippen molar-refractivity contribution in [1.82, 2.24) is 15.3 Å². The molecule has 3 rings (SSSR count). The van der Waals surface area contributed by atoms with Gasteiger partial charge in [-0.2, -0.15) is 11.8 Å². The second-order valence-electron chi connectivity index (χ2n) is 6.36. The highest BCUT2D eigenvalue weighted by molar-refractivity contribution is 7.99. The summed E-state index contributed by atoms with van der Waals surface area (Å²) in [7, 11) is 0. The van der Waals surface area contributed by atoms with E-state index in [2.05, 4.69) is 5.32 Å². The van der Waals surface area contributed by atoms with E-state index < -0.39 is 30.0 Å². The molecule has 0 spiro atoms. The Hall–Kier alpha value is -2.75. The molecule has 4 amide bonds. The zero-order valence-electron chi connectivity index (χ0n) is 15.2. The second-order valence-corrected chi connectivity index (χ2v) is 7.51. The number of benzene rings is 1. The number of hydrogen-bond donors (Lipinski definition) is 1. The largest absolute Gasteiger partial charge is 0.445 e. The minimum absolute atomic E-state index is 0.0342. The molecule has 2 heterocycles. The van der Waals surface area contributed by atoms with E-state index in [-0.39, 0.29) is 26.0 Å². The van der Waals surface area contributed by atoms with Gasteiger partial charge in [0.1, 0.15) is 6.61 Å². The molecular weight excluding hydrogens is 386 g/mol. The van der Waals surface area contributed by atoms with Gasteiger partial charge in [0.25, 0.3) is 11.8 Å². The van der Waals surface area contributed by atoms with Crippen LogP contribution in [0.3, 0.4) is 0 Å². The van der Waals surface area contributed by atoms with Crippen molar-refractivity contribution < 1.29 is 28.8 Å². The summed E-state index contributed by atoms with van der Waals surface area (Å²) < 4.78 is 5.35. The zero-order chi connectivity index (χ0) is 19.9. The van der Waals surface area contributed by atoms with Crippen LogP contribution in [0.25, 0.3) is 0 Å². The molecule has 1 aromatic carbocycles. The van der Waals surface area contributed by atoms with Crippen molar-refractivity contribution in [3.63, 3.8) is 0 Å². The molecule has 1 atom stereocenters. The first-order valence-corrected chi connectivity index (χ1v) is 10.1. The molecule has 150 valence electrons. The van der Waals surface area contributed by atoms with Gasteiger partial charge >= 0.3 is 12.2 Å². The number of carbonyl (C=O) groups is 4. The van der Waals surface area contributed by atoms with Crippen LogP contribution in [0.4, 0.5) is 9.59 Å². The number of rotatable bonds is 4. The molecular formula is C18H21N3O6S. The van der Waals surface area contributed by atoms with Gasteiger partial charge in [-0.25, -0.2) is 9.59 Å². The first-order valence-electron chi connectivity index (χ1n) is 8.90. The van der Waals surface area contributed by atoms with Crippen LogP contribution in [-0.2, 0) is 25.8 Å². The summed E-state index contributed by atoms with van der Waals surface area (Å²) in [6.07, 6.45) is -1.29. The van der Waals surface area contributed by atoms with Gasteiger partial charge in [-0.15, -0.1) is 5.06 Å². The zero-order valence-corrected chi connectivity index (χ0v) is 16.0. The number of carbonyl (C=O) groups excluding carboxylic acids is 4. The molecule has 2 saturated heterocycles. The summed E-state index contributed by atoms with van der Waals surface area (Å²) in [5.41, 5.74) is 0.887. The van der Waals surface area contributed by atoms with Crippen LogP contribution in [0.1, 0.15) is 18.4 Å². The number of nitrogens with one attached hydrogen (secondary N) is 1. The quantitative estimate of drug-likeness (QED) is 0.755. The number of imide groups is 1. The summed E-state index contributed by atoms with van der Waals surface area (Å²) in [6, 6.07) is 8.97. The maximum absolute atomic E-state index is 12.4. The van der Waals surface area contributed by atoms with Crippen molar-refractivity contribution in [2.75, 3.05) is 24.6 Å². The van der Waals surface area contributed by atoms with Gasteiger partial charge in [-0.1, -0.05) is 30.3 Å². The predicted molar refractivity (Wildman–Crippen MR) is 100 cm³/mol. The topological polar surface area (TPSA) is 105 Å². The van der Waals surface area contributed by atoms with Crippen molar-refractivity contribution in [3.05, 3.63) is 35.9 Å². The number of amides is 4. The van der Waals surface area contributed by atoms with Crippen LogP contribution in [0.2, 0.25) is 0 Å². The van der Waals surface area contributed by atoms with E-state index in [0.29, 0.717) is 23.1 Å². The Balaban J connectivity index is 1.50. The van der Waals surface area contributed by atoms with E-state index in [1.165, 1.54) is 4.90 Å². The summed E-state index contributed by atoms with van der Waals surface area (Å²) in [5.74, 6) is 0.193. The smallest absolute Gasteiger partial charge is 0.432 e. The molecule has 1 aromatic rings. The third-order valence-electron chi connectivity index (χ3n) is 4.23. The first kappa shape index (κ1) is 20.0. The Labute approximate surface area is 166 Å². The van der Waals surface area contributed by atoms with Gasteiger partial charge in [-0.05, 0) is 5.56 Å². The van der Waals surface area contributed by atoms with Crippen molar-refractivity contribution in [3.8, 4) is 0 Å². The van der Waals surface area contributed by atoms with Crippen LogP contribution in [0, 0.1) is 0 Å². The van der Waals surface area contributed by atoms with Gasteiger partial charge in [-0.3, -0.25) is 9.59 Å². The molecule has 28 heavy (non-hydrogen) atoms. The summed E-state index contributed by atoms with van der Waals surface area (Å²) in [5, 5.41) is 3.10. The van der Waals surface area contributed by atoms with Crippen molar-refractivity contribution in [1.29, 1.82) is 0 Å². The molecule has 2 aliphatic heterocycles. The van der Waals surface area contributed by atoms with E-state index in [0.717, 1.165) is 5.56 Å². The minimum Gasteiger partial charge on any atom is -0.445 e. The molecule has 10 heteroatoms. The second kappa shape index (κ2) is 9.45. The number of thioether (sulfide) groups is 1. The van der Waals surface area contributed by atoms with Gasteiger partial charge in [0.05, 0.1) is 6.04 Å². The lowest BCUT2D eigenvalue weighted by Crippen LogP contribution is -2.48. The first-order chi connectivity index (χ1) is 13.5. The minimum atomic E-state index is -0.895. The number of hydrogen-bond acceptors (Lipinski definition) is 7. The fraction of sp³-hybridized carbons (Fsp3) is 0.444. The Morgan fingerprint density at radius 3 is 2.57 bits per heavy atom. The van der Waals surface area contributed by atoms with E-state index in [9.17, 15) is 19.2 Å². The third kappa shape index (κ3) is 5.38. The molecule has 0 radical (unpaired) electrons. The molecule has 0 aromatic heterocycles. The van der Waals surface area contributed by atoms with Gasteiger partial charge in [0.15, 0.2) is 0 Å². The third-order valence-corrected chi connectivity index (χ3v) is 5.34. The average Bonchev–Trinajstić information content (AvgIpc) is 2.88. The number of ether oxygens (including phenoxy) is 1. The van der Waals surface area contributed by atoms with E-state index >= 15 is 0 Å². The van der Waals surface area contributed by atoms with Gasteiger partial charge in [0, 0.05) is 37.4 Å². The SMILES string of the molecule is O=C(N[C@H]1CSCCN(C(=O)OCc2ccccc2)C1)ON1C(=O)CCC1=O. The molecule has 2 aliphatic rings. The fourth-order valence-electron chi connectivity index (χ4n) is 2.81. The molecule has 0 unspecified atom stereocenters. The molecule has 2 fully saturated rings. The van der Waals surface area contributed by atoms with Crippen LogP contribution >= 0.6 is 11.8 Å². The Bertz CT molecular complexity index is 728. The number of nitrogens with zero attached hydrogens (tertiary/aromatic N) is 2. The molecule has 9 nitrogen and oxygen atoms in total. The van der Waals surface area contributed by atoms with Crippen molar-refractivity contribution >= 4 is 35.8 Å². The monoisotopic (exact) mass is 407 g/mol. The maximum atomic E-state index is 12.4. The van der Waals surface area contributed by atoms with Crippen molar-refractivity contribution in [2.24, 2.45) is 0 Å². The summed E-state index contributed by atoms with van der Waals surface area (Å²) in [4.78, 5) is 53.8.